The number of amides is 1. The third-order valence-electron chi connectivity index (χ3n) is 5.62. The first kappa shape index (κ1) is 24.9. The number of carbonyl (C=O) groups is 1. The Balaban J connectivity index is 1.69. The summed E-state index contributed by atoms with van der Waals surface area (Å²) in [6, 6.07) is 7.20. The van der Waals surface area contributed by atoms with Crippen LogP contribution in [0, 0.1) is 17.5 Å². The molecule has 0 saturated carbocycles. The van der Waals surface area contributed by atoms with Crippen molar-refractivity contribution >= 4 is 5.91 Å². The van der Waals surface area contributed by atoms with E-state index >= 15 is 0 Å². The Kier molecular flexibility index (Phi) is 8.62. The topological polar surface area (TPSA) is 42.0 Å². The Bertz CT molecular complexity index is 952. The Labute approximate surface area is 188 Å². The van der Waals surface area contributed by atoms with E-state index in [4.69, 9.17) is 4.74 Å². The first-order chi connectivity index (χ1) is 15.8. The van der Waals surface area contributed by atoms with Crippen LogP contribution in [0.2, 0.25) is 0 Å². The van der Waals surface area contributed by atoms with Gasteiger partial charge in [-0.05, 0) is 25.0 Å². The maximum absolute atomic E-state index is 14.2. The SMILES string of the molecule is COCCN(C(=O)c1cc(F)c(F)cc1F)C1CCN(Cc2ccccc2OC(F)F)CC1. The molecular weight excluding hydrogens is 447 g/mol. The minimum absolute atomic E-state index is 0.111. The van der Waals surface area contributed by atoms with E-state index in [2.05, 4.69) is 4.74 Å². The standard InChI is InChI=1S/C23H25F5N2O3/c1-32-11-10-30(22(31)17-12-19(25)20(26)13-18(17)24)16-6-8-29(9-7-16)14-15-4-2-3-5-21(15)33-23(27)28/h2-5,12-13,16,23H,6-11,14H2,1H3. The molecule has 2 aromatic carbocycles. The van der Waals surface area contributed by atoms with Crippen molar-refractivity contribution in [3.63, 3.8) is 0 Å². The summed E-state index contributed by atoms with van der Waals surface area (Å²) in [4.78, 5) is 16.5. The van der Waals surface area contributed by atoms with Gasteiger partial charge in [0.05, 0.1) is 12.2 Å². The van der Waals surface area contributed by atoms with Gasteiger partial charge in [0, 0.05) is 51.0 Å². The zero-order valence-corrected chi connectivity index (χ0v) is 18.1. The molecule has 1 amide bonds. The van der Waals surface area contributed by atoms with Gasteiger partial charge in [0.15, 0.2) is 11.6 Å². The molecule has 0 radical (unpaired) electrons. The lowest BCUT2D eigenvalue weighted by Gasteiger charge is -2.38. The highest BCUT2D eigenvalue weighted by molar-refractivity contribution is 5.94. The predicted octanol–water partition coefficient (Wildman–Crippen LogP) is 4.46. The Morgan fingerprint density at radius 1 is 1.09 bits per heavy atom. The van der Waals surface area contributed by atoms with Gasteiger partial charge in [-0.3, -0.25) is 9.69 Å². The molecule has 10 heteroatoms. The Hall–Kier alpha value is -2.72. The van der Waals surface area contributed by atoms with Crippen LogP contribution in [0.1, 0.15) is 28.8 Å². The first-order valence-corrected chi connectivity index (χ1v) is 10.5. The number of hydrogen-bond donors (Lipinski definition) is 0. The van der Waals surface area contributed by atoms with Gasteiger partial charge in [0.25, 0.3) is 5.91 Å². The van der Waals surface area contributed by atoms with Gasteiger partial charge in [-0.15, -0.1) is 0 Å². The van der Waals surface area contributed by atoms with E-state index in [1.807, 2.05) is 4.90 Å². The van der Waals surface area contributed by atoms with Crippen LogP contribution in [0.3, 0.4) is 0 Å². The maximum Gasteiger partial charge on any atom is 0.387 e. The van der Waals surface area contributed by atoms with Gasteiger partial charge in [-0.25, -0.2) is 13.2 Å². The van der Waals surface area contributed by atoms with Crippen LogP contribution >= 0.6 is 0 Å². The van der Waals surface area contributed by atoms with Gasteiger partial charge >= 0.3 is 6.61 Å². The van der Waals surface area contributed by atoms with E-state index in [0.717, 1.165) is 0 Å². The fourth-order valence-electron chi connectivity index (χ4n) is 3.96. The fraction of sp³-hybridized carbons (Fsp3) is 0.435. The van der Waals surface area contributed by atoms with Crippen molar-refractivity contribution in [2.45, 2.75) is 32.0 Å². The molecule has 33 heavy (non-hydrogen) atoms. The first-order valence-electron chi connectivity index (χ1n) is 10.5. The summed E-state index contributed by atoms with van der Waals surface area (Å²) in [5.41, 5.74) is 0.0814. The van der Waals surface area contributed by atoms with E-state index in [-0.39, 0.29) is 24.9 Å². The average molecular weight is 472 g/mol. The molecule has 1 aliphatic rings. The lowest BCUT2D eigenvalue weighted by Crippen LogP contribution is -2.48. The number of halogens is 5. The monoisotopic (exact) mass is 472 g/mol. The molecule has 0 unspecified atom stereocenters. The van der Waals surface area contributed by atoms with Crippen LogP contribution < -0.4 is 4.74 Å². The number of piperidine rings is 1. The van der Waals surface area contributed by atoms with Crippen LogP contribution in [-0.2, 0) is 11.3 Å². The highest BCUT2D eigenvalue weighted by Crippen LogP contribution is 2.26. The highest BCUT2D eigenvalue weighted by atomic mass is 19.3. The Morgan fingerprint density at radius 3 is 2.42 bits per heavy atom. The number of benzene rings is 2. The largest absolute Gasteiger partial charge is 0.434 e. The number of rotatable bonds is 9. The van der Waals surface area contributed by atoms with Crippen molar-refractivity contribution in [1.82, 2.24) is 9.80 Å². The lowest BCUT2D eigenvalue weighted by molar-refractivity contribution is -0.0508. The van der Waals surface area contributed by atoms with Crippen LogP contribution in [0.25, 0.3) is 0 Å². The number of para-hydroxylation sites is 1. The van der Waals surface area contributed by atoms with Crippen molar-refractivity contribution in [3.05, 3.63) is 65.0 Å². The van der Waals surface area contributed by atoms with E-state index in [9.17, 15) is 26.7 Å². The summed E-state index contributed by atoms with van der Waals surface area (Å²) >= 11 is 0. The minimum Gasteiger partial charge on any atom is -0.434 e. The van der Waals surface area contributed by atoms with Gasteiger partial charge in [-0.1, -0.05) is 18.2 Å². The zero-order chi connectivity index (χ0) is 24.0. The second-order valence-electron chi connectivity index (χ2n) is 7.73. The number of methoxy groups -OCH3 is 1. The van der Waals surface area contributed by atoms with E-state index in [0.29, 0.717) is 50.2 Å². The summed E-state index contributed by atoms with van der Waals surface area (Å²) in [5.74, 6) is -4.42. The predicted molar refractivity (Wildman–Crippen MR) is 111 cm³/mol. The summed E-state index contributed by atoms with van der Waals surface area (Å²) in [6.45, 7) is -1.09. The molecule has 1 heterocycles. The van der Waals surface area contributed by atoms with Gasteiger partial charge in [-0.2, -0.15) is 8.78 Å². The molecule has 0 spiro atoms. The number of likely N-dealkylation sites (tertiary alicyclic amines) is 1. The number of nitrogens with zero attached hydrogens (tertiary/aromatic N) is 2. The molecule has 0 aromatic heterocycles. The quantitative estimate of drug-likeness (QED) is 0.399. The molecule has 0 atom stereocenters. The molecule has 180 valence electrons. The molecular formula is C23H25F5N2O3. The van der Waals surface area contributed by atoms with E-state index < -0.39 is 35.5 Å². The van der Waals surface area contributed by atoms with Gasteiger partial charge in [0.1, 0.15) is 11.6 Å². The van der Waals surface area contributed by atoms with Gasteiger partial charge < -0.3 is 14.4 Å². The number of hydrogen-bond acceptors (Lipinski definition) is 4. The number of ether oxygens (including phenoxy) is 2. The van der Waals surface area contributed by atoms with Crippen molar-refractivity contribution in [3.8, 4) is 5.75 Å². The molecule has 5 nitrogen and oxygen atoms in total. The molecule has 0 aliphatic carbocycles. The molecule has 1 aliphatic heterocycles. The van der Waals surface area contributed by atoms with Crippen molar-refractivity contribution in [1.29, 1.82) is 0 Å². The third kappa shape index (κ3) is 6.42. The van der Waals surface area contributed by atoms with Crippen molar-refractivity contribution in [2.75, 3.05) is 33.4 Å². The van der Waals surface area contributed by atoms with Crippen LogP contribution in [0.5, 0.6) is 5.75 Å². The molecule has 3 rings (SSSR count). The molecule has 0 N–H and O–H groups in total. The van der Waals surface area contributed by atoms with Crippen LogP contribution in [0.4, 0.5) is 22.0 Å². The zero-order valence-electron chi connectivity index (χ0n) is 18.1. The highest BCUT2D eigenvalue weighted by Gasteiger charge is 2.30. The summed E-state index contributed by atoms with van der Waals surface area (Å²) in [5, 5.41) is 0. The van der Waals surface area contributed by atoms with Crippen molar-refractivity contribution < 1.29 is 36.2 Å². The second-order valence-corrected chi connectivity index (χ2v) is 7.73. The summed E-state index contributed by atoms with van der Waals surface area (Å²) in [6.07, 6.45) is 1.05. The number of carbonyl (C=O) groups excluding carboxylic acids is 1. The minimum atomic E-state index is -2.92. The second kappa shape index (κ2) is 11.4. The fourth-order valence-corrected chi connectivity index (χ4v) is 3.96. The molecule has 1 saturated heterocycles. The van der Waals surface area contributed by atoms with Crippen LogP contribution in [-0.4, -0.2) is 61.7 Å². The Morgan fingerprint density at radius 2 is 1.76 bits per heavy atom. The third-order valence-corrected chi connectivity index (χ3v) is 5.62. The maximum atomic E-state index is 14.2. The van der Waals surface area contributed by atoms with E-state index in [1.54, 1.807) is 18.2 Å². The molecule has 1 fully saturated rings. The lowest BCUT2D eigenvalue weighted by atomic mass is 10.0. The molecule has 0 bridgehead atoms. The average Bonchev–Trinajstić information content (AvgIpc) is 2.78. The summed E-state index contributed by atoms with van der Waals surface area (Å²) in [7, 11) is 1.46. The number of alkyl halides is 2. The normalized spacial score (nSPS) is 15.1. The summed E-state index contributed by atoms with van der Waals surface area (Å²) < 4.78 is 76.1. The van der Waals surface area contributed by atoms with Crippen LogP contribution in [0.15, 0.2) is 36.4 Å². The smallest absolute Gasteiger partial charge is 0.387 e. The van der Waals surface area contributed by atoms with E-state index in [1.165, 1.54) is 18.1 Å². The van der Waals surface area contributed by atoms with Crippen molar-refractivity contribution in [2.24, 2.45) is 0 Å². The van der Waals surface area contributed by atoms with Gasteiger partial charge in [0.2, 0.25) is 0 Å². The molecule has 2 aromatic rings.